The number of nitrogens with two attached hydrogens (primary N) is 1. The van der Waals surface area contributed by atoms with Crippen molar-refractivity contribution in [2.24, 2.45) is 5.73 Å². The number of carboxylic acid groups (broad SMARTS) is 1. The highest BCUT2D eigenvalue weighted by molar-refractivity contribution is 5.97. The number of hydrogen-bond acceptors (Lipinski definition) is 6. The summed E-state index contributed by atoms with van der Waals surface area (Å²) >= 11 is 0. The van der Waals surface area contributed by atoms with Crippen LogP contribution in [0.1, 0.15) is 27.2 Å². The first-order valence-corrected chi connectivity index (χ1v) is 10.7. The van der Waals surface area contributed by atoms with Gasteiger partial charge in [-0.15, -0.1) is 0 Å². The van der Waals surface area contributed by atoms with E-state index in [4.69, 9.17) is 5.73 Å². The second-order valence-corrected chi connectivity index (χ2v) is 7.99. The van der Waals surface area contributed by atoms with Crippen molar-refractivity contribution in [2.75, 3.05) is 6.54 Å². The molecule has 0 aliphatic carbocycles. The number of amides is 3. The van der Waals surface area contributed by atoms with Crippen LogP contribution < -0.4 is 11.1 Å². The zero-order chi connectivity index (χ0) is 24.2. The van der Waals surface area contributed by atoms with E-state index in [-0.39, 0.29) is 24.3 Å². The van der Waals surface area contributed by atoms with E-state index in [0.717, 1.165) is 11.1 Å². The minimum absolute atomic E-state index is 0.149. The number of primary amides is 1. The second-order valence-electron chi connectivity index (χ2n) is 7.99. The molecule has 0 fully saturated rings. The van der Waals surface area contributed by atoms with Crippen LogP contribution in [0.25, 0.3) is 5.82 Å². The van der Waals surface area contributed by atoms with Crippen molar-refractivity contribution >= 4 is 17.9 Å². The molecule has 34 heavy (non-hydrogen) atoms. The maximum atomic E-state index is 13.2. The summed E-state index contributed by atoms with van der Waals surface area (Å²) in [5.41, 5.74) is 7.75. The lowest BCUT2D eigenvalue weighted by Gasteiger charge is -2.23. The van der Waals surface area contributed by atoms with Gasteiger partial charge in [-0.2, -0.15) is 5.10 Å². The molecule has 11 heteroatoms. The van der Waals surface area contributed by atoms with Gasteiger partial charge in [0.05, 0.1) is 23.8 Å². The first-order valence-electron chi connectivity index (χ1n) is 10.7. The molecule has 4 rings (SSSR count). The molecule has 176 valence electrons. The van der Waals surface area contributed by atoms with E-state index in [2.05, 4.69) is 15.4 Å². The van der Waals surface area contributed by atoms with Crippen LogP contribution in [-0.4, -0.2) is 66.5 Å². The summed E-state index contributed by atoms with van der Waals surface area (Å²) < 4.78 is 1.45. The Morgan fingerprint density at radius 2 is 1.91 bits per heavy atom. The van der Waals surface area contributed by atoms with Gasteiger partial charge in [0.15, 0.2) is 11.9 Å². The van der Waals surface area contributed by atoms with E-state index in [1.165, 1.54) is 15.8 Å². The number of aliphatic hydroxyl groups excluding tert-OH is 1. The Morgan fingerprint density at radius 1 is 1.15 bits per heavy atom. The fraction of sp³-hybridized carbons (Fsp3) is 0.261. The smallest absolute Gasteiger partial charge is 0.407 e. The zero-order valence-electron chi connectivity index (χ0n) is 18.2. The van der Waals surface area contributed by atoms with Crippen molar-refractivity contribution in [1.29, 1.82) is 0 Å². The monoisotopic (exact) mass is 464 g/mol. The Balaban J connectivity index is 1.60. The molecule has 1 aliphatic heterocycles. The number of rotatable bonds is 7. The third-order valence-corrected chi connectivity index (χ3v) is 5.68. The molecule has 0 radical (unpaired) electrons. The van der Waals surface area contributed by atoms with E-state index in [1.54, 1.807) is 18.3 Å². The minimum Gasteiger partial charge on any atom is -0.465 e. The van der Waals surface area contributed by atoms with Gasteiger partial charge >= 0.3 is 6.09 Å². The molecule has 1 aromatic carbocycles. The summed E-state index contributed by atoms with van der Waals surface area (Å²) in [4.78, 5) is 41.7. The lowest BCUT2D eigenvalue weighted by Crippen LogP contribution is -2.50. The highest BCUT2D eigenvalue weighted by Gasteiger charge is 2.29. The maximum absolute atomic E-state index is 13.2. The lowest BCUT2D eigenvalue weighted by atomic mass is 10.0. The summed E-state index contributed by atoms with van der Waals surface area (Å²) in [6.45, 7) is 0.506. The maximum Gasteiger partial charge on any atom is 0.407 e. The van der Waals surface area contributed by atoms with Crippen LogP contribution in [0.5, 0.6) is 0 Å². The SMILES string of the molecule is NC(=O)C(O)C(Cc1ccccc1)NC(=O)c1cccnc1-n1cc2c(n1)CN(C(=O)O)CC2. The molecular formula is C23H24N6O5. The molecule has 5 N–H and O–H groups in total. The van der Waals surface area contributed by atoms with Gasteiger partial charge in [0.25, 0.3) is 5.91 Å². The molecule has 2 aromatic heterocycles. The van der Waals surface area contributed by atoms with Gasteiger partial charge in [-0.3, -0.25) is 9.59 Å². The van der Waals surface area contributed by atoms with Crippen molar-refractivity contribution < 1.29 is 24.6 Å². The number of benzene rings is 1. The predicted octanol–water partition coefficient (Wildman–Crippen LogP) is 0.491. The number of carbonyl (C=O) groups excluding carboxylic acids is 2. The van der Waals surface area contributed by atoms with Crippen LogP contribution in [0.4, 0.5) is 4.79 Å². The molecule has 0 spiro atoms. The largest absolute Gasteiger partial charge is 0.465 e. The Labute approximate surface area is 194 Å². The molecule has 0 saturated carbocycles. The fourth-order valence-corrected chi connectivity index (χ4v) is 3.89. The molecule has 3 aromatic rings. The van der Waals surface area contributed by atoms with E-state index in [0.29, 0.717) is 18.7 Å². The molecule has 0 bridgehead atoms. The third-order valence-electron chi connectivity index (χ3n) is 5.68. The van der Waals surface area contributed by atoms with Crippen LogP contribution in [-0.2, 0) is 24.2 Å². The van der Waals surface area contributed by atoms with Gasteiger partial charge in [0.1, 0.15) is 0 Å². The van der Waals surface area contributed by atoms with Gasteiger partial charge < -0.3 is 26.2 Å². The molecular weight excluding hydrogens is 440 g/mol. The first-order chi connectivity index (χ1) is 16.3. The molecule has 11 nitrogen and oxygen atoms in total. The molecule has 3 amide bonds. The van der Waals surface area contributed by atoms with Gasteiger partial charge in [0, 0.05) is 18.9 Å². The Kier molecular flexibility index (Phi) is 6.55. The number of nitrogens with one attached hydrogen (secondary N) is 1. The number of aliphatic hydroxyl groups is 1. The Hall–Kier alpha value is -4.25. The molecule has 3 heterocycles. The summed E-state index contributed by atoms with van der Waals surface area (Å²) in [7, 11) is 0. The standard InChI is InChI=1S/C23H24N6O5/c24-20(31)19(30)17(11-14-5-2-1-3-6-14)26-22(32)16-7-4-9-25-21(16)29-12-15-8-10-28(23(33)34)13-18(15)27-29/h1-7,9,12,17,19,30H,8,10-11,13H2,(H2,24,31)(H,26,32)(H,33,34). The van der Waals surface area contributed by atoms with Crippen molar-refractivity contribution in [2.45, 2.75) is 31.5 Å². The van der Waals surface area contributed by atoms with Crippen LogP contribution in [0, 0.1) is 0 Å². The predicted molar refractivity (Wildman–Crippen MR) is 120 cm³/mol. The molecule has 2 unspecified atom stereocenters. The highest BCUT2D eigenvalue weighted by Crippen LogP contribution is 2.21. The zero-order valence-corrected chi connectivity index (χ0v) is 18.2. The van der Waals surface area contributed by atoms with Gasteiger partial charge in [-0.1, -0.05) is 30.3 Å². The average molecular weight is 464 g/mol. The normalized spacial score (nSPS) is 14.7. The van der Waals surface area contributed by atoms with Crippen LogP contribution in [0.3, 0.4) is 0 Å². The van der Waals surface area contributed by atoms with Gasteiger partial charge in [-0.25, -0.2) is 14.5 Å². The Bertz CT molecular complexity index is 1210. The topological polar surface area (TPSA) is 164 Å². The number of nitrogens with zero attached hydrogens (tertiary/aromatic N) is 4. The van der Waals surface area contributed by atoms with E-state index >= 15 is 0 Å². The van der Waals surface area contributed by atoms with Crippen molar-refractivity contribution in [3.05, 3.63) is 77.2 Å². The molecule has 2 atom stereocenters. The minimum atomic E-state index is -1.59. The average Bonchev–Trinajstić information content (AvgIpc) is 3.27. The number of pyridine rings is 1. The summed E-state index contributed by atoms with van der Waals surface area (Å²) in [5, 5.41) is 26.7. The highest BCUT2D eigenvalue weighted by atomic mass is 16.4. The van der Waals surface area contributed by atoms with Crippen molar-refractivity contribution in [3.63, 3.8) is 0 Å². The Morgan fingerprint density at radius 3 is 2.62 bits per heavy atom. The number of aromatic nitrogens is 3. The number of fused-ring (bicyclic) bond motifs is 1. The summed E-state index contributed by atoms with van der Waals surface area (Å²) in [6, 6.07) is 11.3. The summed E-state index contributed by atoms with van der Waals surface area (Å²) in [5.74, 6) is -1.27. The van der Waals surface area contributed by atoms with E-state index < -0.39 is 30.1 Å². The van der Waals surface area contributed by atoms with Crippen molar-refractivity contribution in [1.82, 2.24) is 25.0 Å². The van der Waals surface area contributed by atoms with Crippen LogP contribution >= 0.6 is 0 Å². The first kappa shape index (κ1) is 22.9. The fourth-order valence-electron chi connectivity index (χ4n) is 3.89. The third kappa shape index (κ3) is 4.89. The van der Waals surface area contributed by atoms with Crippen LogP contribution in [0.2, 0.25) is 0 Å². The summed E-state index contributed by atoms with van der Waals surface area (Å²) in [6.07, 6.45) is 1.32. The number of carbonyl (C=O) groups is 3. The van der Waals surface area contributed by atoms with Crippen molar-refractivity contribution in [3.8, 4) is 5.82 Å². The number of hydrogen-bond donors (Lipinski definition) is 4. The molecule has 0 saturated heterocycles. The lowest BCUT2D eigenvalue weighted by molar-refractivity contribution is -0.127. The van der Waals surface area contributed by atoms with Crippen LogP contribution in [0.15, 0.2) is 54.9 Å². The second kappa shape index (κ2) is 9.71. The quantitative estimate of drug-likeness (QED) is 0.395. The van der Waals surface area contributed by atoms with E-state index in [9.17, 15) is 24.6 Å². The molecule has 1 aliphatic rings. The van der Waals surface area contributed by atoms with Gasteiger partial charge in [0.2, 0.25) is 5.91 Å². The van der Waals surface area contributed by atoms with Gasteiger partial charge in [-0.05, 0) is 36.1 Å². The van der Waals surface area contributed by atoms with E-state index in [1.807, 2.05) is 30.3 Å².